The van der Waals surface area contributed by atoms with Crippen molar-refractivity contribution < 1.29 is 29.9 Å². The average molecular weight is 317 g/mol. The standard InChI is InChI=1S/C12H24BN3O6/c1-7(17)9(14)10(18)16-5-8(3-2-4-13(21)22)12(15,6-16)11(19)20/h7-9,17,21-22H,2-6,14-15H2,1H3,(H,19,20)/t7-,8+,9+,12+/m1/s1. The molecule has 22 heavy (non-hydrogen) atoms. The summed E-state index contributed by atoms with van der Waals surface area (Å²) in [6, 6.07) is -1.13. The Balaban J connectivity index is 2.79. The summed E-state index contributed by atoms with van der Waals surface area (Å²) < 4.78 is 0. The molecule has 0 aromatic carbocycles. The molecule has 4 atom stereocenters. The van der Waals surface area contributed by atoms with Gasteiger partial charge < -0.3 is 36.6 Å². The number of nitrogens with two attached hydrogens (primary N) is 2. The Morgan fingerprint density at radius 3 is 2.50 bits per heavy atom. The number of carboxylic acid groups (broad SMARTS) is 1. The molecule has 8 N–H and O–H groups in total. The van der Waals surface area contributed by atoms with Crippen LogP contribution in [0, 0.1) is 5.92 Å². The second kappa shape index (κ2) is 7.38. The van der Waals surface area contributed by atoms with Gasteiger partial charge in [-0.1, -0.05) is 6.42 Å². The van der Waals surface area contributed by atoms with Crippen LogP contribution in [0.25, 0.3) is 0 Å². The molecule has 1 rings (SSSR count). The second-order valence-corrected chi connectivity index (χ2v) is 5.94. The summed E-state index contributed by atoms with van der Waals surface area (Å²) in [7, 11) is -1.46. The summed E-state index contributed by atoms with van der Waals surface area (Å²) in [6.07, 6.45) is -0.228. The van der Waals surface area contributed by atoms with Crippen LogP contribution in [-0.2, 0) is 9.59 Å². The van der Waals surface area contributed by atoms with E-state index in [1.807, 2.05) is 0 Å². The van der Waals surface area contributed by atoms with Crippen LogP contribution in [0.2, 0.25) is 6.32 Å². The summed E-state index contributed by atoms with van der Waals surface area (Å²) in [5, 5.41) is 36.4. The zero-order valence-electron chi connectivity index (χ0n) is 12.6. The van der Waals surface area contributed by atoms with Gasteiger partial charge >= 0.3 is 13.1 Å². The first-order valence-corrected chi connectivity index (χ1v) is 7.20. The van der Waals surface area contributed by atoms with Crippen LogP contribution < -0.4 is 11.5 Å². The first-order chi connectivity index (χ1) is 10.1. The van der Waals surface area contributed by atoms with Crippen molar-refractivity contribution >= 4 is 19.0 Å². The molecule has 0 aromatic heterocycles. The molecule has 1 amide bonds. The lowest BCUT2D eigenvalue weighted by Crippen LogP contribution is -2.56. The van der Waals surface area contributed by atoms with Crippen molar-refractivity contribution in [3.63, 3.8) is 0 Å². The molecule has 1 aliphatic heterocycles. The van der Waals surface area contributed by atoms with Gasteiger partial charge in [-0.15, -0.1) is 0 Å². The third kappa shape index (κ3) is 4.17. The summed E-state index contributed by atoms with van der Waals surface area (Å²) in [4.78, 5) is 24.9. The predicted molar refractivity (Wildman–Crippen MR) is 78.5 cm³/mol. The van der Waals surface area contributed by atoms with Crippen LogP contribution in [0.1, 0.15) is 19.8 Å². The van der Waals surface area contributed by atoms with Crippen molar-refractivity contribution in [2.24, 2.45) is 17.4 Å². The maximum Gasteiger partial charge on any atom is 0.451 e. The minimum absolute atomic E-state index is 0.104. The Kier molecular flexibility index (Phi) is 6.32. The third-order valence-electron chi connectivity index (χ3n) is 4.15. The van der Waals surface area contributed by atoms with Gasteiger partial charge in [0, 0.05) is 19.0 Å². The number of carbonyl (C=O) groups is 2. The number of aliphatic carboxylic acids is 1. The van der Waals surface area contributed by atoms with Gasteiger partial charge in [0.15, 0.2) is 0 Å². The quantitative estimate of drug-likeness (QED) is 0.273. The van der Waals surface area contributed by atoms with E-state index in [2.05, 4.69) is 0 Å². The minimum Gasteiger partial charge on any atom is -0.480 e. The SMILES string of the molecule is C[C@@H](O)[C@H](N)C(=O)N1C[C@H](CCCB(O)O)[C@](N)(C(=O)O)C1. The second-order valence-electron chi connectivity index (χ2n) is 5.94. The van der Waals surface area contributed by atoms with Crippen LogP contribution in [0.5, 0.6) is 0 Å². The monoisotopic (exact) mass is 317 g/mol. The van der Waals surface area contributed by atoms with E-state index in [-0.39, 0.29) is 19.4 Å². The zero-order chi connectivity index (χ0) is 17.1. The number of amides is 1. The highest BCUT2D eigenvalue weighted by Gasteiger charge is 2.51. The highest BCUT2D eigenvalue weighted by molar-refractivity contribution is 6.40. The predicted octanol–water partition coefficient (Wildman–Crippen LogP) is -2.81. The minimum atomic E-state index is -1.60. The molecule has 0 aliphatic carbocycles. The molecule has 1 fully saturated rings. The van der Waals surface area contributed by atoms with Gasteiger partial charge in [-0.3, -0.25) is 9.59 Å². The summed E-state index contributed by atoms with van der Waals surface area (Å²) in [5.41, 5.74) is 9.94. The molecule has 10 heteroatoms. The molecule has 0 aromatic rings. The van der Waals surface area contributed by atoms with Crippen molar-refractivity contribution in [2.45, 2.75) is 43.8 Å². The molecule has 0 radical (unpaired) electrons. The number of hydrogen-bond acceptors (Lipinski definition) is 7. The van der Waals surface area contributed by atoms with Crippen molar-refractivity contribution in [3.8, 4) is 0 Å². The topological polar surface area (TPSA) is 170 Å². The average Bonchev–Trinajstić information content (AvgIpc) is 2.75. The van der Waals surface area contributed by atoms with E-state index in [0.29, 0.717) is 12.8 Å². The Morgan fingerprint density at radius 1 is 1.45 bits per heavy atom. The fourth-order valence-electron chi connectivity index (χ4n) is 2.66. The Hall–Kier alpha value is -1.20. The molecular weight excluding hydrogens is 293 g/mol. The summed E-state index contributed by atoms with van der Waals surface area (Å²) in [6.45, 7) is 1.31. The van der Waals surface area contributed by atoms with Gasteiger partial charge in [0.25, 0.3) is 0 Å². The van der Waals surface area contributed by atoms with E-state index in [4.69, 9.17) is 21.5 Å². The normalized spacial score (nSPS) is 27.5. The Bertz CT molecular complexity index is 422. The van der Waals surface area contributed by atoms with Gasteiger partial charge in [0.05, 0.1) is 6.10 Å². The molecule has 126 valence electrons. The van der Waals surface area contributed by atoms with Crippen LogP contribution >= 0.6 is 0 Å². The van der Waals surface area contributed by atoms with Gasteiger partial charge in [-0.25, -0.2) is 0 Å². The molecule has 0 unspecified atom stereocenters. The first-order valence-electron chi connectivity index (χ1n) is 7.20. The molecule has 0 bridgehead atoms. The number of carbonyl (C=O) groups excluding carboxylic acids is 1. The highest BCUT2D eigenvalue weighted by atomic mass is 16.4. The number of aliphatic hydroxyl groups is 1. The van der Waals surface area contributed by atoms with Gasteiger partial charge in [-0.2, -0.15) is 0 Å². The number of rotatable bonds is 7. The van der Waals surface area contributed by atoms with Gasteiger partial charge in [0.1, 0.15) is 11.6 Å². The van der Waals surface area contributed by atoms with E-state index < -0.39 is 42.6 Å². The molecule has 0 saturated carbocycles. The zero-order valence-corrected chi connectivity index (χ0v) is 12.6. The fourth-order valence-corrected chi connectivity index (χ4v) is 2.66. The van der Waals surface area contributed by atoms with Crippen LogP contribution in [0.3, 0.4) is 0 Å². The number of aliphatic hydroxyl groups excluding tert-OH is 1. The first kappa shape index (κ1) is 18.9. The van der Waals surface area contributed by atoms with E-state index in [1.54, 1.807) is 0 Å². The van der Waals surface area contributed by atoms with Crippen molar-refractivity contribution in [1.82, 2.24) is 4.90 Å². The summed E-state index contributed by atoms with van der Waals surface area (Å²) >= 11 is 0. The Morgan fingerprint density at radius 2 is 2.05 bits per heavy atom. The number of carboxylic acids is 1. The van der Waals surface area contributed by atoms with E-state index in [0.717, 1.165) is 0 Å². The lowest BCUT2D eigenvalue weighted by atomic mass is 9.78. The van der Waals surface area contributed by atoms with Gasteiger partial charge in [0.2, 0.25) is 5.91 Å². The molecule has 0 spiro atoms. The molecule has 1 heterocycles. The van der Waals surface area contributed by atoms with Crippen molar-refractivity contribution in [1.29, 1.82) is 0 Å². The van der Waals surface area contributed by atoms with Crippen LogP contribution in [-0.4, -0.2) is 74.9 Å². The molecule has 9 nitrogen and oxygen atoms in total. The lowest BCUT2D eigenvalue weighted by Gasteiger charge is -2.25. The number of nitrogens with zero attached hydrogens (tertiary/aromatic N) is 1. The van der Waals surface area contributed by atoms with E-state index in [9.17, 15) is 19.8 Å². The molecular formula is C12H24BN3O6. The molecule has 1 saturated heterocycles. The highest BCUT2D eigenvalue weighted by Crippen LogP contribution is 2.31. The lowest BCUT2D eigenvalue weighted by molar-refractivity contribution is -0.144. The third-order valence-corrected chi connectivity index (χ3v) is 4.15. The van der Waals surface area contributed by atoms with E-state index in [1.165, 1.54) is 11.8 Å². The Labute approximate surface area is 129 Å². The van der Waals surface area contributed by atoms with Crippen molar-refractivity contribution in [3.05, 3.63) is 0 Å². The maximum absolute atomic E-state index is 12.1. The summed E-state index contributed by atoms with van der Waals surface area (Å²) in [5.74, 6) is -2.28. The smallest absolute Gasteiger partial charge is 0.451 e. The van der Waals surface area contributed by atoms with Gasteiger partial charge in [-0.05, 0) is 19.7 Å². The maximum atomic E-state index is 12.1. The fraction of sp³-hybridized carbons (Fsp3) is 0.833. The molecule has 1 aliphatic rings. The van der Waals surface area contributed by atoms with Crippen LogP contribution in [0.4, 0.5) is 0 Å². The van der Waals surface area contributed by atoms with Crippen molar-refractivity contribution in [2.75, 3.05) is 13.1 Å². The number of hydrogen-bond donors (Lipinski definition) is 6. The van der Waals surface area contributed by atoms with E-state index >= 15 is 0 Å². The largest absolute Gasteiger partial charge is 0.480 e. The van der Waals surface area contributed by atoms with Crippen LogP contribution in [0.15, 0.2) is 0 Å². The number of likely N-dealkylation sites (tertiary alicyclic amines) is 1.